The highest BCUT2D eigenvalue weighted by molar-refractivity contribution is 7.99. The van der Waals surface area contributed by atoms with Gasteiger partial charge in [-0.15, -0.1) is 11.8 Å². The van der Waals surface area contributed by atoms with Crippen LogP contribution < -0.4 is 4.74 Å². The Kier molecular flexibility index (Phi) is 7.56. The maximum Gasteiger partial charge on any atom is 0.343 e. The van der Waals surface area contributed by atoms with Crippen molar-refractivity contribution in [2.45, 2.75) is 16.2 Å². The van der Waals surface area contributed by atoms with Crippen molar-refractivity contribution in [3.8, 4) is 5.75 Å². The third kappa shape index (κ3) is 5.74. The number of carbonyl (C=O) groups is 2. The molecule has 0 aliphatic heterocycles. The first-order valence-electron chi connectivity index (χ1n) is 9.55. The number of carboxylic acids is 1. The summed E-state index contributed by atoms with van der Waals surface area (Å²) in [5, 5.41) is 40.5. The molecule has 0 bridgehead atoms. The van der Waals surface area contributed by atoms with Gasteiger partial charge in [0.1, 0.15) is 5.75 Å². The number of thioether (sulfide) groups is 1. The second-order valence-electron chi connectivity index (χ2n) is 6.81. The molecule has 0 aliphatic carbocycles. The summed E-state index contributed by atoms with van der Waals surface area (Å²) in [4.78, 5) is 44.7. The maximum absolute atomic E-state index is 12.3. The minimum atomic E-state index is -1.88. The Balaban J connectivity index is 1.81. The van der Waals surface area contributed by atoms with E-state index in [2.05, 4.69) is 0 Å². The smallest absolute Gasteiger partial charge is 0.343 e. The molecule has 0 unspecified atom stereocenters. The molecule has 0 aliphatic rings. The maximum atomic E-state index is 12.3. The number of nitro groups is 2. The number of hydrogen-bond donors (Lipinski definition) is 2. The third-order valence-corrected chi connectivity index (χ3v) is 5.97. The van der Waals surface area contributed by atoms with Gasteiger partial charge < -0.3 is 14.9 Å². The summed E-state index contributed by atoms with van der Waals surface area (Å²) in [5.41, 5.74) is -0.00203. The number of benzene rings is 3. The third-order valence-electron chi connectivity index (χ3n) is 4.59. The first kappa shape index (κ1) is 24.4. The summed E-state index contributed by atoms with van der Waals surface area (Å²) in [5.74, 6) is -2.17. The van der Waals surface area contributed by atoms with Gasteiger partial charge in [-0.2, -0.15) is 0 Å². The number of carbonyl (C=O) groups excluding carboxylic acids is 1. The van der Waals surface area contributed by atoms with Crippen molar-refractivity contribution in [2.75, 3.05) is 0 Å². The minimum absolute atomic E-state index is 0.0841. The number of aliphatic hydroxyl groups is 1. The summed E-state index contributed by atoms with van der Waals surface area (Å²) in [6.07, 6.45) is -1.88. The van der Waals surface area contributed by atoms with Crippen molar-refractivity contribution in [3.05, 3.63) is 104 Å². The van der Waals surface area contributed by atoms with Crippen LogP contribution in [-0.4, -0.2) is 38.1 Å². The number of nitro benzene ring substituents is 2. The van der Waals surface area contributed by atoms with E-state index in [0.29, 0.717) is 5.56 Å². The lowest BCUT2D eigenvalue weighted by Crippen LogP contribution is -2.26. The topological polar surface area (TPSA) is 170 Å². The van der Waals surface area contributed by atoms with Crippen LogP contribution in [0.4, 0.5) is 11.4 Å². The van der Waals surface area contributed by atoms with Crippen LogP contribution >= 0.6 is 11.8 Å². The molecule has 2 atom stereocenters. The van der Waals surface area contributed by atoms with E-state index in [1.165, 1.54) is 54.6 Å². The van der Waals surface area contributed by atoms with Crippen molar-refractivity contribution in [2.24, 2.45) is 0 Å². The Labute approximate surface area is 195 Å². The molecular weight excluding hydrogens is 468 g/mol. The summed E-state index contributed by atoms with van der Waals surface area (Å²) < 4.78 is 5.23. The molecule has 0 saturated heterocycles. The van der Waals surface area contributed by atoms with Gasteiger partial charge in [-0.3, -0.25) is 20.2 Å². The van der Waals surface area contributed by atoms with Crippen molar-refractivity contribution in [1.29, 1.82) is 0 Å². The Morgan fingerprint density at radius 3 is 2.06 bits per heavy atom. The summed E-state index contributed by atoms with van der Waals surface area (Å²) in [7, 11) is 0. The van der Waals surface area contributed by atoms with Crippen LogP contribution in [0.1, 0.15) is 21.2 Å². The van der Waals surface area contributed by atoms with Gasteiger partial charge in [-0.05, 0) is 35.9 Å². The molecule has 34 heavy (non-hydrogen) atoms. The van der Waals surface area contributed by atoms with E-state index in [0.717, 1.165) is 23.9 Å². The fourth-order valence-electron chi connectivity index (χ4n) is 2.90. The van der Waals surface area contributed by atoms with Crippen LogP contribution in [0.25, 0.3) is 0 Å². The van der Waals surface area contributed by atoms with Crippen LogP contribution in [0.5, 0.6) is 5.75 Å². The second kappa shape index (κ2) is 10.6. The van der Waals surface area contributed by atoms with E-state index in [1.807, 2.05) is 0 Å². The van der Waals surface area contributed by atoms with E-state index in [9.17, 15) is 40.0 Å². The van der Waals surface area contributed by atoms with Crippen molar-refractivity contribution < 1.29 is 34.4 Å². The summed E-state index contributed by atoms with van der Waals surface area (Å²) in [6, 6.07) is 16.2. The highest BCUT2D eigenvalue weighted by Crippen LogP contribution is 2.42. The van der Waals surface area contributed by atoms with Gasteiger partial charge in [0.25, 0.3) is 11.4 Å². The van der Waals surface area contributed by atoms with Gasteiger partial charge in [0.15, 0.2) is 6.10 Å². The minimum Gasteiger partial charge on any atom is -0.479 e. The lowest BCUT2D eigenvalue weighted by atomic mass is 10.1. The molecule has 0 spiro atoms. The molecule has 3 aromatic carbocycles. The Morgan fingerprint density at radius 2 is 1.50 bits per heavy atom. The van der Waals surface area contributed by atoms with Crippen LogP contribution in [0.3, 0.4) is 0 Å². The number of carboxylic acid groups (broad SMARTS) is 1. The first-order valence-corrected chi connectivity index (χ1v) is 10.4. The molecule has 0 radical (unpaired) electrons. The molecule has 12 heteroatoms. The summed E-state index contributed by atoms with van der Waals surface area (Å²) in [6.45, 7) is 0. The van der Waals surface area contributed by atoms with Gasteiger partial charge in [-0.25, -0.2) is 9.59 Å². The monoisotopic (exact) mass is 484 g/mol. The average Bonchev–Trinajstić information content (AvgIpc) is 2.82. The van der Waals surface area contributed by atoms with Crippen molar-refractivity contribution in [1.82, 2.24) is 0 Å². The number of aliphatic carboxylic acids is 1. The number of ether oxygens (including phenoxy) is 1. The van der Waals surface area contributed by atoms with Gasteiger partial charge in [0, 0.05) is 18.2 Å². The number of non-ortho nitro benzene ring substituents is 1. The Hall–Kier alpha value is -4.29. The molecule has 3 rings (SSSR count). The van der Waals surface area contributed by atoms with Crippen LogP contribution in [-0.2, 0) is 4.79 Å². The molecule has 174 valence electrons. The lowest BCUT2D eigenvalue weighted by molar-refractivity contribution is -0.387. The SMILES string of the molecule is O=C(Oc1ccc([C@H](Sc2ccccc2[N+](=O)[O-])[C@@H](O)C(=O)O)cc1)c1ccc([N+](=O)[O-])cc1. The van der Waals surface area contributed by atoms with Gasteiger partial charge >= 0.3 is 11.9 Å². The first-order chi connectivity index (χ1) is 16.2. The zero-order valence-corrected chi connectivity index (χ0v) is 18.0. The molecule has 3 aromatic rings. The predicted molar refractivity (Wildman–Crippen MR) is 120 cm³/mol. The molecule has 0 heterocycles. The molecule has 0 saturated carbocycles. The molecule has 0 amide bonds. The Morgan fingerprint density at radius 1 is 0.882 bits per heavy atom. The average molecular weight is 484 g/mol. The lowest BCUT2D eigenvalue weighted by Gasteiger charge is -2.20. The zero-order valence-electron chi connectivity index (χ0n) is 17.1. The number of para-hydroxylation sites is 1. The van der Waals surface area contributed by atoms with Gasteiger partial charge in [0.05, 0.1) is 25.6 Å². The second-order valence-corrected chi connectivity index (χ2v) is 7.99. The fraction of sp³-hybridized carbons (Fsp3) is 0.0909. The molecule has 0 fully saturated rings. The highest BCUT2D eigenvalue weighted by Gasteiger charge is 2.30. The van der Waals surface area contributed by atoms with Crippen LogP contribution in [0.15, 0.2) is 77.7 Å². The Bertz CT molecular complexity index is 1230. The molecule has 11 nitrogen and oxygen atoms in total. The number of rotatable bonds is 9. The highest BCUT2D eigenvalue weighted by atomic mass is 32.2. The normalized spacial score (nSPS) is 12.4. The van der Waals surface area contributed by atoms with Gasteiger partial charge in [-0.1, -0.05) is 24.3 Å². The fourth-order valence-corrected chi connectivity index (χ4v) is 4.13. The molecule has 0 aromatic heterocycles. The summed E-state index contributed by atoms with van der Waals surface area (Å²) >= 11 is 0.818. The number of esters is 1. The van der Waals surface area contributed by atoms with Crippen LogP contribution in [0.2, 0.25) is 0 Å². The number of aliphatic hydroxyl groups excluding tert-OH is 1. The van der Waals surface area contributed by atoms with E-state index >= 15 is 0 Å². The largest absolute Gasteiger partial charge is 0.479 e. The van der Waals surface area contributed by atoms with Crippen molar-refractivity contribution >= 4 is 35.1 Å². The van der Waals surface area contributed by atoms with E-state index < -0.39 is 33.1 Å². The number of hydrogen-bond acceptors (Lipinski definition) is 9. The van der Waals surface area contributed by atoms with E-state index in [-0.39, 0.29) is 27.6 Å². The van der Waals surface area contributed by atoms with E-state index in [1.54, 1.807) is 6.07 Å². The van der Waals surface area contributed by atoms with Crippen molar-refractivity contribution in [3.63, 3.8) is 0 Å². The quantitative estimate of drug-likeness (QED) is 0.149. The predicted octanol–water partition coefficient (Wildman–Crippen LogP) is 4.00. The van der Waals surface area contributed by atoms with Gasteiger partial charge in [0.2, 0.25) is 0 Å². The van der Waals surface area contributed by atoms with Crippen LogP contribution in [0, 0.1) is 20.2 Å². The number of nitrogens with zero attached hydrogens (tertiary/aromatic N) is 2. The molecular formula is C22H16N2O9S. The standard InChI is InChI=1S/C22H16N2O9S/c25-19(21(26)27)20(34-18-4-2-1-3-17(18)24(31)32)13-7-11-16(12-8-13)33-22(28)14-5-9-15(10-6-14)23(29)30/h1-12,19-20,25H,(H,26,27)/t19-,20+/m1/s1. The zero-order chi connectivity index (χ0) is 24.8. The van der Waals surface area contributed by atoms with E-state index in [4.69, 9.17) is 4.74 Å². The molecule has 2 N–H and O–H groups in total.